The summed E-state index contributed by atoms with van der Waals surface area (Å²) >= 11 is 0. The van der Waals surface area contributed by atoms with E-state index in [-0.39, 0.29) is 0 Å². The Hall–Kier alpha value is -0.830. The molecule has 0 saturated heterocycles. The lowest BCUT2D eigenvalue weighted by molar-refractivity contribution is 0.360. The Balaban J connectivity index is 1.95. The maximum absolute atomic E-state index is 4.83. The Morgan fingerprint density at radius 1 is 1.35 bits per heavy atom. The lowest BCUT2D eigenvalue weighted by Crippen LogP contribution is -2.37. The zero-order valence-electron chi connectivity index (χ0n) is 13.4. The zero-order valence-corrected chi connectivity index (χ0v) is 13.4. The molecule has 114 valence electrons. The summed E-state index contributed by atoms with van der Waals surface area (Å²) in [6, 6.07) is 3.45. The molecule has 3 nitrogen and oxygen atoms in total. The summed E-state index contributed by atoms with van der Waals surface area (Å²) in [5.41, 5.74) is 1.26. The minimum absolute atomic E-state index is 0.562. The lowest BCUT2D eigenvalue weighted by Gasteiger charge is -2.23. The van der Waals surface area contributed by atoms with Crippen LogP contribution >= 0.6 is 0 Å². The molecule has 1 aliphatic carbocycles. The average molecular weight is 277 g/mol. The van der Waals surface area contributed by atoms with Crippen LogP contribution in [0.1, 0.15) is 71.0 Å². The molecule has 20 heavy (non-hydrogen) atoms. The van der Waals surface area contributed by atoms with E-state index < -0.39 is 0 Å². The Morgan fingerprint density at radius 3 is 2.75 bits per heavy atom. The summed E-state index contributed by atoms with van der Waals surface area (Å²) in [6.07, 6.45) is 11.0. The molecule has 0 bridgehead atoms. The first-order valence-electron chi connectivity index (χ1n) is 8.52. The molecular weight excluding hydrogens is 246 g/mol. The summed E-state index contributed by atoms with van der Waals surface area (Å²) in [4.78, 5) is 0. The highest BCUT2D eigenvalue weighted by Crippen LogP contribution is 2.28. The summed E-state index contributed by atoms with van der Waals surface area (Å²) in [6.45, 7) is 7.97. The first-order chi connectivity index (χ1) is 9.74. The second-order valence-electron chi connectivity index (χ2n) is 6.38. The average Bonchev–Trinajstić information content (AvgIpc) is 3.13. The van der Waals surface area contributed by atoms with Crippen LogP contribution in [0, 0.1) is 5.92 Å². The maximum atomic E-state index is 4.83. The predicted molar refractivity (Wildman–Crippen MR) is 85.0 cm³/mol. The molecule has 1 saturated carbocycles. The lowest BCUT2D eigenvalue weighted by atomic mass is 9.95. The molecule has 0 aromatic carbocycles. The Morgan fingerprint density at radius 2 is 2.10 bits per heavy atom. The third-order valence-electron chi connectivity index (χ3n) is 4.78. The highest BCUT2D eigenvalue weighted by Gasteiger charge is 2.20. The normalized spacial score (nSPS) is 19.4. The van der Waals surface area contributed by atoms with Crippen molar-refractivity contribution >= 4 is 0 Å². The monoisotopic (exact) mass is 277 g/mol. The van der Waals surface area contributed by atoms with Crippen molar-refractivity contribution in [2.45, 2.75) is 77.8 Å². The van der Waals surface area contributed by atoms with E-state index in [0.29, 0.717) is 18.0 Å². The van der Waals surface area contributed by atoms with Crippen molar-refractivity contribution in [2.24, 2.45) is 5.92 Å². The minimum Gasteiger partial charge on any atom is -0.313 e. The molecule has 1 aromatic heterocycles. The van der Waals surface area contributed by atoms with Crippen molar-refractivity contribution in [3.8, 4) is 0 Å². The van der Waals surface area contributed by atoms with E-state index in [0.717, 1.165) is 13.0 Å². The molecule has 0 radical (unpaired) electrons. The van der Waals surface area contributed by atoms with Gasteiger partial charge in [0.05, 0.1) is 11.7 Å². The van der Waals surface area contributed by atoms with Gasteiger partial charge in [-0.1, -0.05) is 40.0 Å². The predicted octanol–water partition coefficient (Wildman–Crippen LogP) is 3.96. The topological polar surface area (TPSA) is 29.9 Å². The van der Waals surface area contributed by atoms with E-state index >= 15 is 0 Å². The molecule has 1 heterocycles. The maximum Gasteiger partial charge on any atom is 0.0640 e. The van der Waals surface area contributed by atoms with Crippen molar-refractivity contribution in [1.29, 1.82) is 0 Å². The number of rotatable bonds is 8. The standard InChI is InChI=1S/C17H31N3/c1-4-11-18-17(14(3)5-2)13-15-10-12-20(19-15)16-8-6-7-9-16/h10,12,14,16-18H,4-9,11,13H2,1-3H3. The minimum atomic E-state index is 0.562. The van der Waals surface area contributed by atoms with E-state index in [4.69, 9.17) is 5.10 Å². The number of nitrogens with zero attached hydrogens (tertiary/aromatic N) is 2. The summed E-state index contributed by atoms with van der Waals surface area (Å²) in [5, 5.41) is 8.53. The van der Waals surface area contributed by atoms with Gasteiger partial charge in [0.1, 0.15) is 0 Å². The third kappa shape index (κ3) is 4.08. The number of aromatic nitrogens is 2. The van der Waals surface area contributed by atoms with E-state index in [1.807, 2.05) is 0 Å². The van der Waals surface area contributed by atoms with Gasteiger partial charge < -0.3 is 5.32 Å². The molecule has 1 N–H and O–H groups in total. The molecule has 2 rings (SSSR count). The van der Waals surface area contributed by atoms with Gasteiger partial charge in [-0.05, 0) is 37.8 Å². The van der Waals surface area contributed by atoms with Gasteiger partial charge in [0.2, 0.25) is 0 Å². The molecule has 1 fully saturated rings. The smallest absolute Gasteiger partial charge is 0.0640 e. The second-order valence-corrected chi connectivity index (χ2v) is 6.38. The zero-order chi connectivity index (χ0) is 14.4. The van der Waals surface area contributed by atoms with Gasteiger partial charge in [-0.3, -0.25) is 4.68 Å². The Bertz CT molecular complexity index is 379. The first kappa shape index (κ1) is 15.6. The molecule has 2 atom stereocenters. The molecule has 0 spiro atoms. The molecule has 0 amide bonds. The van der Waals surface area contributed by atoms with E-state index in [1.54, 1.807) is 0 Å². The van der Waals surface area contributed by atoms with Gasteiger partial charge in [0.25, 0.3) is 0 Å². The molecule has 3 heteroatoms. The van der Waals surface area contributed by atoms with Gasteiger partial charge in [-0.2, -0.15) is 5.10 Å². The second kappa shape index (κ2) is 7.82. The fourth-order valence-corrected chi connectivity index (χ4v) is 3.17. The van der Waals surface area contributed by atoms with Crippen LogP contribution in [0.15, 0.2) is 12.3 Å². The number of nitrogens with one attached hydrogen (secondary N) is 1. The molecule has 2 unspecified atom stereocenters. The van der Waals surface area contributed by atoms with Crippen LogP contribution in [0.2, 0.25) is 0 Å². The third-order valence-corrected chi connectivity index (χ3v) is 4.78. The SMILES string of the molecule is CCCNC(Cc1ccn(C2CCCC2)n1)C(C)CC. The fourth-order valence-electron chi connectivity index (χ4n) is 3.17. The molecule has 1 aliphatic rings. The van der Waals surface area contributed by atoms with Gasteiger partial charge in [0.15, 0.2) is 0 Å². The van der Waals surface area contributed by atoms with Crippen molar-refractivity contribution < 1.29 is 0 Å². The van der Waals surface area contributed by atoms with Gasteiger partial charge in [-0.15, -0.1) is 0 Å². The number of hydrogen-bond acceptors (Lipinski definition) is 2. The van der Waals surface area contributed by atoms with E-state index in [1.165, 1.54) is 44.2 Å². The van der Waals surface area contributed by atoms with E-state index in [9.17, 15) is 0 Å². The number of hydrogen-bond donors (Lipinski definition) is 1. The summed E-state index contributed by atoms with van der Waals surface area (Å²) in [5.74, 6) is 0.707. The summed E-state index contributed by atoms with van der Waals surface area (Å²) < 4.78 is 2.22. The van der Waals surface area contributed by atoms with Gasteiger partial charge >= 0.3 is 0 Å². The first-order valence-corrected chi connectivity index (χ1v) is 8.52. The van der Waals surface area contributed by atoms with Crippen LogP contribution in [0.5, 0.6) is 0 Å². The fraction of sp³-hybridized carbons (Fsp3) is 0.824. The molecule has 1 aromatic rings. The quantitative estimate of drug-likeness (QED) is 0.779. The Labute approximate surface area is 124 Å². The van der Waals surface area contributed by atoms with Crippen molar-refractivity contribution in [3.05, 3.63) is 18.0 Å². The highest BCUT2D eigenvalue weighted by atomic mass is 15.3. The van der Waals surface area contributed by atoms with Crippen LogP contribution in [0.25, 0.3) is 0 Å². The molecule has 0 aliphatic heterocycles. The summed E-state index contributed by atoms with van der Waals surface area (Å²) in [7, 11) is 0. The van der Waals surface area contributed by atoms with E-state index in [2.05, 4.69) is 43.0 Å². The highest BCUT2D eigenvalue weighted by molar-refractivity contribution is 5.03. The van der Waals surface area contributed by atoms with Crippen LogP contribution < -0.4 is 5.32 Å². The van der Waals surface area contributed by atoms with Crippen molar-refractivity contribution in [2.75, 3.05) is 6.54 Å². The van der Waals surface area contributed by atoms with Gasteiger partial charge in [0, 0.05) is 18.7 Å². The Kier molecular flexibility index (Phi) is 6.08. The van der Waals surface area contributed by atoms with Crippen molar-refractivity contribution in [1.82, 2.24) is 15.1 Å². The van der Waals surface area contributed by atoms with Gasteiger partial charge in [-0.25, -0.2) is 0 Å². The van der Waals surface area contributed by atoms with Crippen molar-refractivity contribution in [3.63, 3.8) is 0 Å². The van der Waals surface area contributed by atoms with Crippen LogP contribution in [-0.4, -0.2) is 22.4 Å². The van der Waals surface area contributed by atoms with Crippen LogP contribution in [0.4, 0.5) is 0 Å². The van der Waals surface area contributed by atoms with Crippen LogP contribution in [0.3, 0.4) is 0 Å². The van der Waals surface area contributed by atoms with Crippen LogP contribution in [-0.2, 0) is 6.42 Å². The largest absolute Gasteiger partial charge is 0.313 e. The molecular formula is C17H31N3.